The molecule has 0 radical (unpaired) electrons. The van der Waals surface area contributed by atoms with E-state index in [9.17, 15) is 8.42 Å². The first-order chi connectivity index (χ1) is 9.05. The fraction of sp³-hybridized carbons (Fsp3) is 0.250. The first kappa shape index (κ1) is 13.7. The van der Waals surface area contributed by atoms with Crippen LogP contribution in [0.3, 0.4) is 0 Å². The van der Waals surface area contributed by atoms with Crippen LogP contribution in [0, 0.1) is 0 Å². The van der Waals surface area contributed by atoms with Gasteiger partial charge in [-0.3, -0.25) is 5.10 Å². The molecule has 0 amide bonds. The minimum atomic E-state index is -3.54. The number of nitrogens with two attached hydrogens (primary N) is 1. The third kappa shape index (κ3) is 2.83. The van der Waals surface area contributed by atoms with Gasteiger partial charge in [0.1, 0.15) is 0 Å². The number of nitrogens with one attached hydrogen (secondary N) is 1. The average molecular weight is 280 g/mol. The second-order valence-corrected chi connectivity index (χ2v) is 6.17. The topological polar surface area (TPSA) is 92.1 Å². The van der Waals surface area contributed by atoms with Crippen molar-refractivity contribution in [2.45, 2.75) is 18.1 Å². The minimum Gasteiger partial charge on any atom is -0.326 e. The maximum absolute atomic E-state index is 12.2. The summed E-state index contributed by atoms with van der Waals surface area (Å²) in [6.45, 7) is 0.656. The number of sulfonamides is 1. The molecule has 7 heteroatoms. The summed E-state index contributed by atoms with van der Waals surface area (Å²) < 4.78 is 25.7. The number of aromatic nitrogens is 2. The van der Waals surface area contributed by atoms with E-state index < -0.39 is 10.0 Å². The molecule has 0 unspecified atom stereocenters. The number of H-pyrrole nitrogens is 1. The zero-order valence-electron chi connectivity index (χ0n) is 10.6. The van der Waals surface area contributed by atoms with E-state index in [0.29, 0.717) is 6.54 Å². The van der Waals surface area contributed by atoms with Crippen molar-refractivity contribution in [3.05, 3.63) is 47.7 Å². The van der Waals surface area contributed by atoms with Crippen LogP contribution in [0.4, 0.5) is 0 Å². The van der Waals surface area contributed by atoms with Gasteiger partial charge in [-0.1, -0.05) is 24.3 Å². The van der Waals surface area contributed by atoms with E-state index in [2.05, 4.69) is 10.2 Å². The van der Waals surface area contributed by atoms with Gasteiger partial charge in [-0.25, -0.2) is 8.42 Å². The van der Waals surface area contributed by atoms with E-state index in [1.807, 2.05) is 24.3 Å². The molecule has 19 heavy (non-hydrogen) atoms. The summed E-state index contributed by atoms with van der Waals surface area (Å²) in [5, 5.41) is 6.21. The molecule has 0 bridgehead atoms. The molecule has 1 aromatic heterocycles. The summed E-state index contributed by atoms with van der Waals surface area (Å²) in [4.78, 5) is 0. The highest BCUT2D eigenvalue weighted by Crippen LogP contribution is 2.16. The predicted molar refractivity (Wildman–Crippen MR) is 71.6 cm³/mol. The van der Waals surface area contributed by atoms with Crippen LogP contribution in [-0.4, -0.2) is 30.0 Å². The van der Waals surface area contributed by atoms with Crippen molar-refractivity contribution in [1.82, 2.24) is 14.5 Å². The van der Waals surface area contributed by atoms with Crippen LogP contribution in [0.1, 0.15) is 11.1 Å². The largest absolute Gasteiger partial charge is 0.326 e. The van der Waals surface area contributed by atoms with Gasteiger partial charge in [0.15, 0.2) is 5.03 Å². The van der Waals surface area contributed by atoms with E-state index in [4.69, 9.17) is 5.73 Å². The first-order valence-corrected chi connectivity index (χ1v) is 7.22. The molecule has 1 aromatic carbocycles. The van der Waals surface area contributed by atoms with Crippen LogP contribution in [0.5, 0.6) is 0 Å². The van der Waals surface area contributed by atoms with Crippen molar-refractivity contribution >= 4 is 10.0 Å². The summed E-state index contributed by atoms with van der Waals surface area (Å²) in [5.41, 5.74) is 7.48. The van der Waals surface area contributed by atoms with Crippen molar-refractivity contribution in [2.75, 3.05) is 7.05 Å². The molecule has 102 valence electrons. The van der Waals surface area contributed by atoms with Gasteiger partial charge in [-0.15, -0.1) is 0 Å². The monoisotopic (exact) mass is 280 g/mol. The van der Waals surface area contributed by atoms with Gasteiger partial charge in [0, 0.05) is 20.1 Å². The molecule has 2 aromatic rings. The zero-order chi connectivity index (χ0) is 13.9. The lowest BCUT2D eigenvalue weighted by atomic mass is 10.1. The van der Waals surface area contributed by atoms with Crippen LogP contribution in [0.15, 0.2) is 41.6 Å². The summed E-state index contributed by atoms with van der Waals surface area (Å²) >= 11 is 0. The molecule has 3 N–H and O–H groups in total. The Morgan fingerprint density at radius 1 is 1.26 bits per heavy atom. The highest BCUT2D eigenvalue weighted by atomic mass is 32.2. The molecular weight excluding hydrogens is 264 g/mol. The summed E-state index contributed by atoms with van der Waals surface area (Å²) in [5.74, 6) is 0. The Morgan fingerprint density at radius 3 is 2.53 bits per heavy atom. The van der Waals surface area contributed by atoms with Crippen LogP contribution in [0.25, 0.3) is 0 Å². The number of hydrogen-bond donors (Lipinski definition) is 2. The third-order valence-corrected chi connectivity index (χ3v) is 4.63. The van der Waals surface area contributed by atoms with Crippen LogP contribution in [-0.2, 0) is 23.1 Å². The van der Waals surface area contributed by atoms with Crippen molar-refractivity contribution in [1.29, 1.82) is 0 Å². The molecule has 0 saturated heterocycles. The first-order valence-electron chi connectivity index (χ1n) is 5.78. The molecule has 0 atom stereocenters. The molecule has 1 heterocycles. The maximum atomic E-state index is 12.2. The maximum Gasteiger partial charge on any atom is 0.260 e. The van der Waals surface area contributed by atoms with Crippen LogP contribution in [0.2, 0.25) is 0 Å². The number of nitrogens with zero attached hydrogens (tertiary/aromatic N) is 2. The Morgan fingerprint density at radius 2 is 1.95 bits per heavy atom. The number of hydrogen-bond acceptors (Lipinski definition) is 4. The fourth-order valence-electron chi connectivity index (χ4n) is 1.79. The van der Waals surface area contributed by atoms with Gasteiger partial charge in [-0.2, -0.15) is 9.40 Å². The quantitative estimate of drug-likeness (QED) is 0.842. The molecule has 0 spiro atoms. The smallest absolute Gasteiger partial charge is 0.260 e. The van der Waals surface area contributed by atoms with Gasteiger partial charge in [0.05, 0.1) is 6.20 Å². The standard InChI is InChI=1S/C12H16N4O2S/c1-16(19(17,18)12-6-7-14-15-12)9-11-5-3-2-4-10(11)8-13/h2-7H,8-9,13H2,1H3,(H,14,15). The zero-order valence-corrected chi connectivity index (χ0v) is 11.4. The lowest BCUT2D eigenvalue weighted by Crippen LogP contribution is -2.27. The van der Waals surface area contributed by atoms with Gasteiger partial charge in [0.2, 0.25) is 0 Å². The fourth-order valence-corrected chi connectivity index (χ4v) is 2.84. The molecule has 0 aliphatic carbocycles. The molecule has 0 fully saturated rings. The highest BCUT2D eigenvalue weighted by molar-refractivity contribution is 7.89. The van der Waals surface area contributed by atoms with Gasteiger partial charge >= 0.3 is 0 Å². The third-order valence-electron chi connectivity index (χ3n) is 2.89. The summed E-state index contributed by atoms with van der Waals surface area (Å²) in [7, 11) is -2.01. The Kier molecular flexibility index (Phi) is 3.98. The Balaban J connectivity index is 2.24. The summed E-state index contributed by atoms with van der Waals surface area (Å²) in [6.07, 6.45) is 1.41. The second-order valence-electron chi connectivity index (χ2n) is 4.15. The van der Waals surface area contributed by atoms with Crippen molar-refractivity contribution in [2.24, 2.45) is 5.73 Å². The minimum absolute atomic E-state index is 0.0835. The predicted octanol–water partition coefficient (Wildman–Crippen LogP) is 0.689. The van der Waals surface area contributed by atoms with Crippen molar-refractivity contribution in [3.8, 4) is 0 Å². The molecule has 2 rings (SSSR count). The lowest BCUT2D eigenvalue weighted by Gasteiger charge is -2.17. The molecule has 0 saturated carbocycles. The molecule has 0 aliphatic rings. The Labute approximate surface area is 112 Å². The number of rotatable bonds is 5. The van der Waals surface area contributed by atoms with E-state index in [-0.39, 0.29) is 11.6 Å². The Hall–Kier alpha value is -1.70. The van der Waals surface area contributed by atoms with Gasteiger partial charge in [0.25, 0.3) is 10.0 Å². The second kappa shape index (κ2) is 5.52. The van der Waals surface area contributed by atoms with E-state index in [1.165, 1.54) is 23.6 Å². The van der Waals surface area contributed by atoms with Gasteiger partial charge < -0.3 is 5.73 Å². The number of aromatic amines is 1. The lowest BCUT2D eigenvalue weighted by molar-refractivity contribution is 0.462. The van der Waals surface area contributed by atoms with E-state index in [1.54, 1.807) is 0 Å². The average Bonchev–Trinajstić information content (AvgIpc) is 2.93. The Bertz CT molecular complexity index is 638. The van der Waals surface area contributed by atoms with Crippen molar-refractivity contribution < 1.29 is 8.42 Å². The van der Waals surface area contributed by atoms with Crippen LogP contribution >= 0.6 is 0 Å². The summed E-state index contributed by atoms with van der Waals surface area (Å²) in [6, 6.07) is 8.95. The normalized spacial score (nSPS) is 11.9. The SMILES string of the molecule is CN(Cc1ccccc1CN)S(=O)(=O)c1ccn[nH]1. The van der Waals surface area contributed by atoms with E-state index in [0.717, 1.165) is 11.1 Å². The van der Waals surface area contributed by atoms with Gasteiger partial charge in [-0.05, 0) is 17.2 Å². The van der Waals surface area contributed by atoms with E-state index >= 15 is 0 Å². The highest BCUT2D eigenvalue weighted by Gasteiger charge is 2.22. The molecule has 0 aliphatic heterocycles. The molecule has 6 nitrogen and oxygen atoms in total. The van der Waals surface area contributed by atoms with Crippen LogP contribution < -0.4 is 5.73 Å². The number of benzene rings is 1. The molecular formula is C12H16N4O2S. The van der Waals surface area contributed by atoms with Crippen molar-refractivity contribution in [3.63, 3.8) is 0 Å².